The summed E-state index contributed by atoms with van der Waals surface area (Å²) < 4.78 is 45.1. The van der Waals surface area contributed by atoms with Gasteiger partial charge in [0.1, 0.15) is 23.1 Å². The Bertz CT molecular complexity index is 1230. The molecule has 0 atom stereocenters. The van der Waals surface area contributed by atoms with Crippen molar-refractivity contribution in [3.05, 3.63) is 102 Å². The second kappa shape index (κ2) is 8.69. The summed E-state index contributed by atoms with van der Waals surface area (Å²) in [6.45, 7) is -0.141. The summed E-state index contributed by atoms with van der Waals surface area (Å²) in [6.07, 6.45) is 1.52. The molecular weight excluding hydrogens is 419 g/mol. The maximum absolute atomic E-state index is 13.7. The lowest BCUT2D eigenvalue weighted by Crippen LogP contribution is -2.36. The number of rotatable bonds is 5. The van der Waals surface area contributed by atoms with Crippen LogP contribution >= 0.6 is 0 Å². The van der Waals surface area contributed by atoms with Crippen LogP contribution in [0.3, 0.4) is 0 Å². The van der Waals surface area contributed by atoms with Crippen LogP contribution in [0.2, 0.25) is 0 Å². The number of halogens is 1. The number of hydrogen-bond donors (Lipinski definition) is 0. The first-order valence-electron chi connectivity index (χ1n) is 9.58. The number of benzene rings is 2. The lowest BCUT2D eigenvalue weighted by molar-refractivity contribution is -0.118. The van der Waals surface area contributed by atoms with E-state index >= 15 is 0 Å². The smallest absolute Gasteiger partial charge is 0.296 e. The van der Waals surface area contributed by atoms with Crippen LogP contribution < -0.4 is 4.90 Å². The van der Waals surface area contributed by atoms with E-state index in [4.69, 9.17) is 4.74 Å². The average molecular weight is 438 g/mol. The van der Waals surface area contributed by atoms with Crippen molar-refractivity contribution in [1.82, 2.24) is 4.98 Å². The Morgan fingerprint density at radius 1 is 1.03 bits per heavy atom. The fourth-order valence-corrected chi connectivity index (χ4v) is 4.76. The van der Waals surface area contributed by atoms with E-state index in [-0.39, 0.29) is 29.6 Å². The van der Waals surface area contributed by atoms with Gasteiger partial charge in [-0.05, 0) is 35.4 Å². The van der Waals surface area contributed by atoms with Gasteiger partial charge in [-0.1, -0.05) is 48.5 Å². The summed E-state index contributed by atoms with van der Waals surface area (Å²) >= 11 is 0. The zero-order valence-electron chi connectivity index (χ0n) is 16.4. The third-order valence-electron chi connectivity index (χ3n) is 4.75. The minimum atomic E-state index is -3.74. The number of aromatic nitrogens is 1. The summed E-state index contributed by atoms with van der Waals surface area (Å²) in [7, 11) is -3.74. The SMILES string of the molecule is O=C(C1=C(c2ccccc2)S(=O)(=O)CCO1)N(Cc1cccc(F)c1)c1ccccn1. The molecule has 0 saturated heterocycles. The quantitative estimate of drug-likeness (QED) is 0.609. The van der Waals surface area contributed by atoms with E-state index < -0.39 is 21.6 Å². The predicted molar refractivity (Wildman–Crippen MR) is 115 cm³/mol. The van der Waals surface area contributed by atoms with Crippen molar-refractivity contribution in [2.75, 3.05) is 17.3 Å². The van der Waals surface area contributed by atoms with Crippen LogP contribution in [0, 0.1) is 5.82 Å². The molecule has 3 aromatic rings. The molecule has 1 amide bonds. The third-order valence-corrected chi connectivity index (χ3v) is 6.49. The largest absolute Gasteiger partial charge is 0.486 e. The van der Waals surface area contributed by atoms with Gasteiger partial charge in [-0.3, -0.25) is 9.69 Å². The summed E-state index contributed by atoms with van der Waals surface area (Å²) in [5.41, 5.74) is 0.900. The summed E-state index contributed by atoms with van der Waals surface area (Å²) in [5, 5.41) is 0. The Labute approximate surface area is 179 Å². The molecule has 0 saturated carbocycles. The van der Waals surface area contributed by atoms with Gasteiger partial charge in [0, 0.05) is 6.20 Å². The maximum Gasteiger partial charge on any atom is 0.296 e. The molecule has 0 radical (unpaired) electrons. The Hall–Kier alpha value is -3.52. The number of anilines is 1. The Balaban J connectivity index is 1.84. The van der Waals surface area contributed by atoms with E-state index in [9.17, 15) is 17.6 Å². The molecule has 2 heterocycles. The number of hydrogen-bond acceptors (Lipinski definition) is 5. The van der Waals surface area contributed by atoms with Crippen molar-refractivity contribution in [1.29, 1.82) is 0 Å². The number of pyridine rings is 1. The fraction of sp³-hybridized carbons (Fsp3) is 0.130. The average Bonchev–Trinajstić information content (AvgIpc) is 2.77. The molecule has 0 bridgehead atoms. The number of sulfone groups is 1. The molecule has 1 aliphatic rings. The number of nitrogens with zero attached hydrogens (tertiary/aromatic N) is 2. The lowest BCUT2D eigenvalue weighted by atomic mass is 10.1. The van der Waals surface area contributed by atoms with E-state index in [0.29, 0.717) is 16.9 Å². The maximum atomic E-state index is 13.7. The van der Waals surface area contributed by atoms with Gasteiger partial charge in [-0.15, -0.1) is 0 Å². The molecule has 1 aromatic heterocycles. The predicted octanol–water partition coefficient (Wildman–Crippen LogP) is 3.57. The van der Waals surface area contributed by atoms with Crippen LogP contribution in [-0.4, -0.2) is 31.7 Å². The Morgan fingerprint density at radius 2 is 1.81 bits per heavy atom. The number of ether oxygens (including phenoxy) is 1. The lowest BCUT2D eigenvalue weighted by Gasteiger charge is -2.27. The first kappa shape index (κ1) is 20.7. The molecule has 8 heteroatoms. The monoisotopic (exact) mass is 438 g/mol. The van der Waals surface area contributed by atoms with Gasteiger partial charge in [0.15, 0.2) is 9.84 Å². The first-order valence-corrected chi connectivity index (χ1v) is 11.2. The topological polar surface area (TPSA) is 76.6 Å². The number of carbonyl (C=O) groups is 1. The minimum absolute atomic E-state index is 0.0113. The van der Waals surface area contributed by atoms with E-state index in [2.05, 4.69) is 4.98 Å². The normalized spacial score (nSPS) is 15.3. The van der Waals surface area contributed by atoms with Crippen LogP contribution in [-0.2, 0) is 25.9 Å². The summed E-state index contributed by atoms with van der Waals surface area (Å²) in [6, 6.07) is 19.2. The van der Waals surface area contributed by atoms with Gasteiger partial charge in [0.05, 0.1) is 12.3 Å². The van der Waals surface area contributed by atoms with Crippen LogP contribution in [0.25, 0.3) is 4.91 Å². The van der Waals surface area contributed by atoms with Crippen molar-refractivity contribution in [2.45, 2.75) is 6.54 Å². The van der Waals surface area contributed by atoms with E-state index in [1.54, 1.807) is 60.7 Å². The fourth-order valence-electron chi connectivity index (χ4n) is 3.33. The molecule has 0 N–H and O–H groups in total. The second-order valence-corrected chi connectivity index (χ2v) is 8.95. The molecule has 0 spiro atoms. The molecular formula is C23H19FN2O4S. The number of carbonyl (C=O) groups excluding carboxylic acids is 1. The molecule has 4 rings (SSSR count). The highest BCUT2D eigenvalue weighted by atomic mass is 32.2. The van der Waals surface area contributed by atoms with E-state index in [0.717, 1.165) is 0 Å². The van der Waals surface area contributed by atoms with Gasteiger partial charge in [0.2, 0.25) is 5.76 Å². The Morgan fingerprint density at radius 3 is 2.52 bits per heavy atom. The third kappa shape index (κ3) is 4.49. The summed E-state index contributed by atoms with van der Waals surface area (Å²) in [5.74, 6) is -1.29. The van der Waals surface area contributed by atoms with Crippen molar-refractivity contribution >= 4 is 26.5 Å². The van der Waals surface area contributed by atoms with E-state index in [1.807, 2.05) is 0 Å². The molecule has 6 nitrogen and oxygen atoms in total. The van der Waals surface area contributed by atoms with Gasteiger partial charge in [-0.2, -0.15) is 0 Å². The van der Waals surface area contributed by atoms with Crippen LogP contribution in [0.1, 0.15) is 11.1 Å². The van der Waals surface area contributed by atoms with Crippen molar-refractivity contribution in [2.24, 2.45) is 0 Å². The first-order chi connectivity index (χ1) is 15.0. The van der Waals surface area contributed by atoms with Gasteiger partial charge >= 0.3 is 0 Å². The molecule has 1 aliphatic heterocycles. The molecule has 158 valence electrons. The summed E-state index contributed by atoms with van der Waals surface area (Å²) in [4.78, 5) is 19.0. The van der Waals surface area contributed by atoms with Crippen LogP contribution in [0.4, 0.5) is 10.2 Å². The second-order valence-electron chi connectivity index (χ2n) is 6.90. The molecule has 0 fully saturated rings. The van der Waals surface area contributed by atoms with Crippen molar-refractivity contribution in [3.63, 3.8) is 0 Å². The highest BCUT2D eigenvalue weighted by Crippen LogP contribution is 2.32. The Kier molecular flexibility index (Phi) is 5.81. The standard InChI is InChI=1S/C23H19FN2O4S/c24-19-10-6-7-17(15-19)16-26(20-11-4-5-12-25-20)23(27)21-22(18-8-2-1-3-9-18)31(28,29)14-13-30-21/h1-12,15H,13-14,16H2. The zero-order valence-corrected chi connectivity index (χ0v) is 17.3. The van der Waals surface area contributed by atoms with Crippen molar-refractivity contribution < 1.29 is 22.3 Å². The van der Waals surface area contributed by atoms with Crippen LogP contribution in [0.15, 0.2) is 84.8 Å². The number of amides is 1. The van der Waals surface area contributed by atoms with Gasteiger partial charge in [0.25, 0.3) is 5.91 Å². The zero-order chi connectivity index (χ0) is 21.8. The minimum Gasteiger partial charge on any atom is -0.486 e. The molecule has 0 unspecified atom stereocenters. The van der Waals surface area contributed by atoms with Crippen molar-refractivity contribution in [3.8, 4) is 0 Å². The van der Waals surface area contributed by atoms with Gasteiger partial charge < -0.3 is 4.74 Å². The van der Waals surface area contributed by atoms with E-state index in [1.165, 1.54) is 23.2 Å². The molecule has 31 heavy (non-hydrogen) atoms. The highest BCUT2D eigenvalue weighted by Gasteiger charge is 2.36. The highest BCUT2D eigenvalue weighted by molar-refractivity contribution is 8.00. The molecule has 0 aliphatic carbocycles. The molecule has 2 aromatic carbocycles. The van der Waals surface area contributed by atoms with Crippen LogP contribution in [0.5, 0.6) is 0 Å². The van der Waals surface area contributed by atoms with Gasteiger partial charge in [-0.25, -0.2) is 17.8 Å².